The molecule has 0 saturated carbocycles. The van der Waals surface area contributed by atoms with Crippen LogP contribution in [0.15, 0.2) is 35.2 Å². The summed E-state index contributed by atoms with van der Waals surface area (Å²) in [6.45, 7) is 0.631. The Morgan fingerprint density at radius 3 is 3.00 bits per heavy atom. The van der Waals surface area contributed by atoms with Crippen LogP contribution in [0.5, 0.6) is 0 Å². The molecular formula is C9H7BrClN3. The SMILES string of the molecule is Clc1ccnc(Cn2cc(Br)cn2)c1. The zero-order chi connectivity index (χ0) is 9.97. The molecule has 0 aliphatic carbocycles. The number of nitrogens with zero attached hydrogens (tertiary/aromatic N) is 3. The third kappa shape index (κ3) is 2.33. The van der Waals surface area contributed by atoms with Crippen LogP contribution in [0.2, 0.25) is 5.02 Å². The molecule has 2 rings (SSSR count). The summed E-state index contributed by atoms with van der Waals surface area (Å²) in [5.74, 6) is 0. The van der Waals surface area contributed by atoms with Gasteiger partial charge in [0.05, 0.1) is 22.9 Å². The molecule has 2 aromatic heterocycles. The fourth-order valence-corrected chi connectivity index (χ4v) is 1.64. The van der Waals surface area contributed by atoms with Crippen molar-refractivity contribution < 1.29 is 0 Å². The molecule has 0 aliphatic rings. The monoisotopic (exact) mass is 271 g/mol. The van der Waals surface area contributed by atoms with Crippen molar-refractivity contribution >= 4 is 27.5 Å². The van der Waals surface area contributed by atoms with Crippen LogP contribution in [0.25, 0.3) is 0 Å². The summed E-state index contributed by atoms with van der Waals surface area (Å²) in [6.07, 6.45) is 5.32. The van der Waals surface area contributed by atoms with Gasteiger partial charge >= 0.3 is 0 Å². The highest BCUT2D eigenvalue weighted by Crippen LogP contribution is 2.11. The normalized spacial score (nSPS) is 10.4. The third-order valence-electron chi connectivity index (χ3n) is 1.70. The summed E-state index contributed by atoms with van der Waals surface area (Å²) >= 11 is 9.17. The summed E-state index contributed by atoms with van der Waals surface area (Å²) in [7, 11) is 0. The fraction of sp³-hybridized carbons (Fsp3) is 0.111. The van der Waals surface area contributed by atoms with Gasteiger partial charge in [0.2, 0.25) is 0 Å². The second-order valence-corrected chi connectivity index (χ2v) is 4.17. The Kier molecular flexibility index (Phi) is 2.84. The van der Waals surface area contributed by atoms with Gasteiger partial charge in [-0.05, 0) is 28.1 Å². The summed E-state index contributed by atoms with van der Waals surface area (Å²) in [5.41, 5.74) is 0.896. The molecule has 0 radical (unpaired) electrons. The number of hydrogen-bond acceptors (Lipinski definition) is 2. The molecule has 3 nitrogen and oxygen atoms in total. The fourth-order valence-electron chi connectivity index (χ4n) is 1.13. The van der Waals surface area contributed by atoms with E-state index in [1.807, 2.05) is 12.3 Å². The van der Waals surface area contributed by atoms with Crippen molar-refractivity contribution in [2.45, 2.75) is 6.54 Å². The first-order valence-electron chi connectivity index (χ1n) is 4.02. The highest BCUT2D eigenvalue weighted by molar-refractivity contribution is 9.10. The second kappa shape index (κ2) is 4.11. The van der Waals surface area contributed by atoms with Crippen molar-refractivity contribution in [3.05, 3.63) is 45.9 Å². The van der Waals surface area contributed by atoms with Crippen LogP contribution in [0, 0.1) is 0 Å². The van der Waals surface area contributed by atoms with Crippen LogP contribution in [0.1, 0.15) is 5.69 Å². The van der Waals surface area contributed by atoms with Crippen molar-refractivity contribution in [2.75, 3.05) is 0 Å². The van der Waals surface area contributed by atoms with Gasteiger partial charge in [0, 0.05) is 17.4 Å². The molecular weight excluding hydrogens is 265 g/mol. The van der Waals surface area contributed by atoms with Gasteiger partial charge in [-0.15, -0.1) is 0 Å². The zero-order valence-electron chi connectivity index (χ0n) is 7.19. The maximum absolute atomic E-state index is 5.84. The third-order valence-corrected chi connectivity index (χ3v) is 2.35. The lowest BCUT2D eigenvalue weighted by atomic mass is 10.3. The lowest BCUT2D eigenvalue weighted by Crippen LogP contribution is -2.01. The molecule has 0 aliphatic heterocycles. The number of rotatable bonds is 2. The maximum Gasteiger partial charge on any atom is 0.0832 e. The van der Waals surface area contributed by atoms with E-state index in [2.05, 4.69) is 26.0 Å². The smallest absolute Gasteiger partial charge is 0.0832 e. The van der Waals surface area contributed by atoms with E-state index in [0.717, 1.165) is 10.2 Å². The quantitative estimate of drug-likeness (QED) is 0.841. The predicted octanol–water partition coefficient (Wildman–Crippen LogP) is 2.74. The van der Waals surface area contributed by atoms with E-state index in [9.17, 15) is 0 Å². The highest BCUT2D eigenvalue weighted by atomic mass is 79.9. The zero-order valence-corrected chi connectivity index (χ0v) is 9.53. The van der Waals surface area contributed by atoms with Gasteiger partial charge in [0.15, 0.2) is 0 Å². The number of hydrogen-bond donors (Lipinski definition) is 0. The van der Waals surface area contributed by atoms with E-state index < -0.39 is 0 Å². The molecule has 14 heavy (non-hydrogen) atoms. The Labute approximate surface area is 94.9 Å². The van der Waals surface area contributed by atoms with E-state index in [-0.39, 0.29) is 0 Å². The van der Waals surface area contributed by atoms with Gasteiger partial charge < -0.3 is 0 Å². The van der Waals surface area contributed by atoms with Crippen LogP contribution in [0.4, 0.5) is 0 Å². The molecule has 0 spiro atoms. The summed E-state index contributed by atoms with van der Waals surface area (Å²) in [4.78, 5) is 4.18. The second-order valence-electron chi connectivity index (χ2n) is 2.82. The van der Waals surface area contributed by atoms with Gasteiger partial charge in [0.1, 0.15) is 0 Å². The Morgan fingerprint density at radius 2 is 2.36 bits per heavy atom. The molecule has 5 heteroatoms. The molecule has 0 atom stereocenters. The molecule has 72 valence electrons. The number of aromatic nitrogens is 3. The Bertz CT molecular complexity index is 441. The van der Waals surface area contributed by atoms with Crippen molar-refractivity contribution in [2.24, 2.45) is 0 Å². The molecule has 0 bridgehead atoms. The largest absolute Gasteiger partial charge is 0.266 e. The van der Waals surface area contributed by atoms with Crippen LogP contribution >= 0.6 is 27.5 Å². The van der Waals surface area contributed by atoms with Crippen molar-refractivity contribution in [3.8, 4) is 0 Å². The molecule has 0 unspecified atom stereocenters. The maximum atomic E-state index is 5.84. The summed E-state index contributed by atoms with van der Waals surface area (Å²) in [6, 6.07) is 3.58. The Morgan fingerprint density at radius 1 is 1.50 bits per heavy atom. The van der Waals surface area contributed by atoms with E-state index in [1.165, 1.54) is 0 Å². The average molecular weight is 273 g/mol. The minimum Gasteiger partial charge on any atom is -0.266 e. The van der Waals surface area contributed by atoms with Crippen LogP contribution in [-0.2, 0) is 6.54 Å². The molecule has 0 N–H and O–H groups in total. The van der Waals surface area contributed by atoms with Crippen LogP contribution in [0.3, 0.4) is 0 Å². The molecule has 0 amide bonds. The standard InChI is InChI=1S/C9H7BrClN3/c10-7-4-13-14(5-7)6-9-3-8(11)1-2-12-9/h1-5H,6H2. The Hall–Kier alpha value is -0.870. The van der Waals surface area contributed by atoms with Crippen molar-refractivity contribution in [3.63, 3.8) is 0 Å². The molecule has 2 heterocycles. The first-order chi connectivity index (χ1) is 6.74. The van der Waals surface area contributed by atoms with E-state index in [4.69, 9.17) is 11.6 Å². The van der Waals surface area contributed by atoms with Gasteiger partial charge in [-0.3, -0.25) is 9.67 Å². The topological polar surface area (TPSA) is 30.7 Å². The lowest BCUT2D eigenvalue weighted by molar-refractivity contribution is 0.672. The summed E-state index contributed by atoms with van der Waals surface area (Å²) < 4.78 is 2.75. The summed E-state index contributed by atoms with van der Waals surface area (Å²) in [5, 5.41) is 4.82. The lowest BCUT2D eigenvalue weighted by Gasteiger charge is -2.00. The molecule has 2 aromatic rings. The van der Waals surface area contributed by atoms with Crippen molar-refractivity contribution in [1.82, 2.24) is 14.8 Å². The van der Waals surface area contributed by atoms with E-state index >= 15 is 0 Å². The Balaban J connectivity index is 2.18. The first-order valence-corrected chi connectivity index (χ1v) is 5.19. The minimum absolute atomic E-state index is 0.631. The predicted molar refractivity (Wildman–Crippen MR) is 58.3 cm³/mol. The molecule has 0 fully saturated rings. The minimum atomic E-state index is 0.631. The van der Waals surface area contributed by atoms with Crippen LogP contribution < -0.4 is 0 Å². The van der Waals surface area contributed by atoms with Gasteiger partial charge in [0.25, 0.3) is 0 Å². The van der Waals surface area contributed by atoms with Gasteiger partial charge in [-0.1, -0.05) is 11.6 Å². The van der Waals surface area contributed by atoms with Gasteiger partial charge in [-0.2, -0.15) is 5.10 Å². The van der Waals surface area contributed by atoms with E-state index in [1.54, 1.807) is 23.1 Å². The number of halogens is 2. The average Bonchev–Trinajstić information content (AvgIpc) is 2.51. The van der Waals surface area contributed by atoms with E-state index in [0.29, 0.717) is 11.6 Å². The van der Waals surface area contributed by atoms with Crippen molar-refractivity contribution in [1.29, 1.82) is 0 Å². The number of pyridine rings is 1. The highest BCUT2D eigenvalue weighted by Gasteiger charge is 1.99. The molecule has 0 saturated heterocycles. The van der Waals surface area contributed by atoms with Crippen LogP contribution in [-0.4, -0.2) is 14.8 Å². The first kappa shape index (κ1) is 9.68. The molecule has 0 aromatic carbocycles. The van der Waals surface area contributed by atoms with Gasteiger partial charge in [-0.25, -0.2) is 0 Å².